The number of nitrogen functional groups attached to an aromatic ring is 1. The highest BCUT2D eigenvalue weighted by atomic mass is 35.5. The molecule has 0 unspecified atom stereocenters. The molecule has 4 nitrogen and oxygen atoms in total. The maximum absolute atomic E-state index is 13.2. The molecule has 3 N–H and O–H groups in total. The van der Waals surface area contributed by atoms with Crippen LogP contribution in [-0.2, 0) is 16.6 Å². The summed E-state index contributed by atoms with van der Waals surface area (Å²) < 4.78 is 39.9. The van der Waals surface area contributed by atoms with Gasteiger partial charge in [0.25, 0.3) is 0 Å². The molecule has 0 saturated carbocycles. The monoisotopic (exact) mass is 348 g/mol. The van der Waals surface area contributed by atoms with Crippen LogP contribution in [0.3, 0.4) is 0 Å². The van der Waals surface area contributed by atoms with Crippen molar-refractivity contribution in [1.82, 2.24) is 4.72 Å². The minimum Gasteiger partial charge on any atom is -0.396 e. The van der Waals surface area contributed by atoms with Gasteiger partial charge in [0.2, 0.25) is 10.0 Å². The third kappa shape index (κ3) is 3.85. The molecule has 0 aromatic heterocycles. The van der Waals surface area contributed by atoms with Crippen LogP contribution >= 0.6 is 23.2 Å². The van der Waals surface area contributed by atoms with Crippen LogP contribution < -0.4 is 10.5 Å². The van der Waals surface area contributed by atoms with Crippen LogP contribution in [0.25, 0.3) is 0 Å². The van der Waals surface area contributed by atoms with Gasteiger partial charge in [-0.15, -0.1) is 0 Å². The van der Waals surface area contributed by atoms with E-state index in [0.29, 0.717) is 10.6 Å². The number of anilines is 1. The molecule has 0 heterocycles. The van der Waals surface area contributed by atoms with Gasteiger partial charge < -0.3 is 5.73 Å². The van der Waals surface area contributed by atoms with Crippen LogP contribution in [0.5, 0.6) is 0 Å². The Hall–Kier alpha value is -1.34. The summed E-state index contributed by atoms with van der Waals surface area (Å²) in [5.41, 5.74) is 5.76. The van der Waals surface area contributed by atoms with E-state index in [0.717, 1.165) is 12.1 Å². The van der Waals surface area contributed by atoms with Crippen molar-refractivity contribution in [3.63, 3.8) is 0 Å². The number of benzene rings is 2. The van der Waals surface area contributed by atoms with Crippen molar-refractivity contribution in [3.8, 4) is 0 Å². The van der Waals surface area contributed by atoms with Crippen LogP contribution in [0.15, 0.2) is 41.3 Å². The fourth-order valence-corrected chi connectivity index (χ4v) is 3.43. The van der Waals surface area contributed by atoms with Gasteiger partial charge in [-0.2, -0.15) is 0 Å². The average Bonchev–Trinajstić information content (AvgIpc) is 2.41. The highest BCUT2D eigenvalue weighted by molar-refractivity contribution is 7.89. The summed E-state index contributed by atoms with van der Waals surface area (Å²) in [7, 11) is -3.91. The third-order valence-corrected chi connectivity index (χ3v) is 4.80. The summed E-state index contributed by atoms with van der Waals surface area (Å²) in [6.07, 6.45) is 0. The molecule has 0 spiro atoms. The molecule has 0 aliphatic carbocycles. The number of hydrogen-bond acceptors (Lipinski definition) is 3. The molecule has 8 heteroatoms. The van der Waals surface area contributed by atoms with E-state index in [1.807, 2.05) is 0 Å². The van der Waals surface area contributed by atoms with Crippen molar-refractivity contribution >= 4 is 38.9 Å². The quantitative estimate of drug-likeness (QED) is 0.833. The Labute approximate surface area is 131 Å². The highest BCUT2D eigenvalue weighted by Crippen LogP contribution is 2.26. The van der Waals surface area contributed by atoms with Crippen molar-refractivity contribution in [2.75, 3.05) is 5.73 Å². The molecule has 21 heavy (non-hydrogen) atoms. The molecule has 0 aliphatic heterocycles. The van der Waals surface area contributed by atoms with E-state index in [2.05, 4.69) is 4.72 Å². The molecule has 0 saturated heterocycles. The summed E-state index contributed by atoms with van der Waals surface area (Å²) in [4.78, 5) is -0.273. The van der Waals surface area contributed by atoms with Crippen LogP contribution in [-0.4, -0.2) is 8.42 Å². The maximum Gasteiger partial charge on any atom is 0.242 e. The Bertz CT molecular complexity index is 782. The fraction of sp³-hybridized carbons (Fsp3) is 0.0769. The first kappa shape index (κ1) is 16.0. The first-order valence-corrected chi connectivity index (χ1v) is 8.02. The normalized spacial score (nSPS) is 11.6. The predicted octanol–water partition coefficient (Wildman–Crippen LogP) is 3.19. The third-order valence-electron chi connectivity index (χ3n) is 2.70. The molecular weight excluding hydrogens is 338 g/mol. The van der Waals surface area contributed by atoms with Crippen molar-refractivity contribution in [3.05, 3.63) is 57.8 Å². The molecule has 0 bridgehead atoms. The second-order valence-electron chi connectivity index (χ2n) is 4.26. The summed E-state index contributed by atoms with van der Waals surface area (Å²) >= 11 is 11.6. The maximum atomic E-state index is 13.2. The Kier molecular flexibility index (Phi) is 4.73. The molecule has 0 aliphatic rings. The lowest BCUT2D eigenvalue weighted by atomic mass is 10.2. The fourth-order valence-electron chi connectivity index (χ4n) is 1.65. The van der Waals surface area contributed by atoms with Gasteiger partial charge in [-0.25, -0.2) is 17.5 Å². The zero-order valence-corrected chi connectivity index (χ0v) is 12.9. The summed E-state index contributed by atoms with van der Waals surface area (Å²) in [5, 5.41) is 0.260. The van der Waals surface area contributed by atoms with Crippen LogP contribution in [0, 0.1) is 5.82 Å². The van der Waals surface area contributed by atoms with Crippen molar-refractivity contribution in [1.29, 1.82) is 0 Å². The van der Waals surface area contributed by atoms with E-state index in [-0.39, 0.29) is 22.2 Å². The summed E-state index contributed by atoms with van der Waals surface area (Å²) in [5.74, 6) is -0.770. The number of nitrogens with two attached hydrogens (primary N) is 1. The van der Waals surface area contributed by atoms with Crippen LogP contribution in [0.2, 0.25) is 10.0 Å². The SMILES string of the molecule is Nc1cc(S(=O)(=O)NCc2cccc(Cl)c2)c(Cl)cc1F. The lowest BCUT2D eigenvalue weighted by Gasteiger charge is -2.10. The van der Waals surface area contributed by atoms with E-state index in [4.69, 9.17) is 28.9 Å². The van der Waals surface area contributed by atoms with Gasteiger partial charge in [0.15, 0.2) is 0 Å². The van der Waals surface area contributed by atoms with Gasteiger partial charge in [0.05, 0.1) is 10.7 Å². The molecular formula is C13H11Cl2FN2O2S. The topological polar surface area (TPSA) is 72.2 Å². The van der Waals surface area contributed by atoms with Gasteiger partial charge in [-0.05, 0) is 29.8 Å². The molecule has 0 atom stereocenters. The lowest BCUT2D eigenvalue weighted by molar-refractivity contribution is 0.580. The minimum atomic E-state index is -3.91. The highest BCUT2D eigenvalue weighted by Gasteiger charge is 2.19. The Morgan fingerprint density at radius 2 is 1.90 bits per heavy atom. The number of nitrogens with one attached hydrogen (secondary N) is 1. The molecule has 2 rings (SSSR count). The first-order chi connectivity index (χ1) is 9.79. The predicted molar refractivity (Wildman–Crippen MR) is 81.3 cm³/mol. The zero-order valence-electron chi connectivity index (χ0n) is 10.6. The molecule has 0 amide bonds. The largest absolute Gasteiger partial charge is 0.396 e. The Morgan fingerprint density at radius 3 is 2.57 bits per heavy atom. The van der Waals surface area contributed by atoms with Gasteiger partial charge >= 0.3 is 0 Å². The van der Waals surface area contributed by atoms with Crippen molar-refractivity contribution in [2.24, 2.45) is 0 Å². The van der Waals surface area contributed by atoms with Gasteiger partial charge in [0.1, 0.15) is 10.7 Å². The minimum absolute atomic E-state index is 0.0243. The second kappa shape index (κ2) is 6.19. The smallest absolute Gasteiger partial charge is 0.242 e. The number of hydrogen-bond donors (Lipinski definition) is 2. The summed E-state index contributed by atoms with van der Waals surface area (Å²) in [6, 6.07) is 8.58. The number of halogens is 3. The van der Waals surface area contributed by atoms with E-state index in [1.165, 1.54) is 0 Å². The second-order valence-corrected chi connectivity index (χ2v) is 6.84. The van der Waals surface area contributed by atoms with Gasteiger partial charge in [-0.3, -0.25) is 0 Å². The van der Waals surface area contributed by atoms with E-state index < -0.39 is 15.8 Å². The Balaban J connectivity index is 2.25. The molecule has 2 aromatic carbocycles. The Morgan fingerprint density at radius 1 is 1.19 bits per heavy atom. The summed E-state index contributed by atoms with van der Waals surface area (Å²) in [6.45, 7) is 0.0243. The molecule has 0 radical (unpaired) electrons. The van der Waals surface area contributed by atoms with Crippen LogP contribution in [0.1, 0.15) is 5.56 Å². The van der Waals surface area contributed by atoms with Crippen molar-refractivity contribution < 1.29 is 12.8 Å². The van der Waals surface area contributed by atoms with E-state index in [9.17, 15) is 12.8 Å². The first-order valence-electron chi connectivity index (χ1n) is 5.78. The van der Waals surface area contributed by atoms with E-state index >= 15 is 0 Å². The lowest BCUT2D eigenvalue weighted by Crippen LogP contribution is -2.23. The molecule has 2 aromatic rings. The van der Waals surface area contributed by atoms with Gasteiger partial charge in [-0.1, -0.05) is 35.3 Å². The van der Waals surface area contributed by atoms with E-state index in [1.54, 1.807) is 24.3 Å². The van der Waals surface area contributed by atoms with Crippen molar-refractivity contribution in [2.45, 2.75) is 11.4 Å². The number of rotatable bonds is 4. The average molecular weight is 349 g/mol. The van der Waals surface area contributed by atoms with Gasteiger partial charge in [0, 0.05) is 11.6 Å². The van der Waals surface area contributed by atoms with Crippen LogP contribution in [0.4, 0.5) is 10.1 Å². The zero-order chi connectivity index (χ0) is 15.6. The molecule has 112 valence electrons. The molecule has 0 fully saturated rings. The standard InChI is InChI=1S/C13H11Cl2FN2O2S/c14-9-3-1-2-8(4-9)7-18-21(19,20)13-6-12(17)11(16)5-10(13)15/h1-6,18H,7,17H2. The number of sulfonamides is 1.